The van der Waals surface area contributed by atoms with Crippen LogP contribution in [-0.2, 0) is 11.3 Å². The van der Waals surface area contributed by atoms with Crippen LogP contribution in [-0.4, -0.2) is 21.7 Å². The first-order valence-electron chi connectivity index (χ1n) is 9.21. The highest BCUT2D eigenvalue weighted by Crippen LogP contribution is 2.41. The van der Waals surface area contributed by atoms with Crippen molar-refractivity contribution in [2.75, 3.05) is 0 Å². The average molecular weight is 442 g/mol. The van der Waals surface area contributed by atoms with Crippen molar-refractivity contribution in [1.29, 1.82) is 0 Å². The zero-order valence-electron chi connectivity index (χ0n) is 15.9. The predicted molar refractivity (Wildman–Crippen MR) is 114 cm³/mol. The lowest BCUT2D eigenvalue weighted by Crippen LogP contribution is -2.30. The molecule has 1 aromatic heterocycles. The number of furan rings is 1. The highest BCUT2D eigenvalue weighted by atomic mass is 35.5. The molecular weight excluding hydrogens is 425 g/mol. The van der Waals surface area contributed by atoms with Gasteiger partial charge in [0.1, 0.15) is 5.76 Å². The van der Waals surface area contributed by atoms with Crippen LogP contribution in [0.5, 0.6) is 0 Å². The highest BCUT2D eigenvalue weighted by molar-refractivity contribution is 6.42. The number of aliphatic hydroxyl groups is 1. The Kier molecular flexibility index (Phi) is 5.41. The van der Waals surface area contributed by atoms with E-state index in [2.05, 4.69) is 0 Å². The molecule has 1 N–H and O–H groups in total. The summed E-state index contributed by atoms with van der Waals surface area (Å²) in [5.74, 6) is -1.19. The van der Waals surface area contributed by atoms with Crippen molar-refractivity contribution in [3.05, 3.63) is 105 Å². The second-order valence-electron chi connectivity index (χ2n) is 7.00. The molecule has 152 valence electrons. The van der Waals surface area contributed by atoms with Crippen molar-refractivity contribution in [2.24, 2.45) is 0 Å². The van der Waals surface area contributed by atoms with Crippen molar-refractivity contribution in [2.45, 2.75) is 19.5 Å². The smallest absolute Gasteiger partial charge is 0.290 e. The fraction of sp³-hybridized carbons (Fsp3) is 0.130. The normalized spacial score (nSPS) is 16.4. The Balaban J connectivity index is 1.82. The number of aliphatic hydroxyl groups excluding tert-OH is 1. The number of benzene rings is 2. The number of Topliss-reactive ketones (excluding diaryl/α,β-unsaturated/α-hetero) is 1. The number of carbonyl (C=O) groups is 2. The first-order valence-corrected chi connectivity index (χ1v) is 9.96. The third-order valence-electron chi connectivity index (χ3n) is 4.97. The van der Waals surface area contributed by atoms with E-state index in [1.54, 1.807) is 31.2 Å². The van der Waals surface area contributed by atoms with E-state index in [1.807, 2.05) is 30.3 Å². The van der Waals surface area contributed by atoms with Crippen molar-refractivity contribution in [3.63, 3.8) is 0 Å². The lowest BCUT2D eigenvalue weighted by atomic mass is 9.95. The van der Waals surface area contributed by atoms with Gasteiger partial charge in [-0.25, -0.2) is 0 Å². The lowest BCUT2D eigenvalue weighted by molar-refractivity contribution is -0.130. The first-order chi connectivity index (χ1) is 14.4. The van der Waals surface area contributed by atoms with Gasteiger partial charge < -0.3 is 14.4 Å². The van der Waals surface area contributed by atoms with Gasteiger partial charge in [-0.2, -0.15) is 0 Å². The fourth-order valence-corrected chi connectivity index (χ4v) is 3.85. The summed E-state index contributed by atoms with van der Waals surface area (Å²) < 4.78 is 5.45. The van der Waals surface area contributed by atoms with Crippen LogP contribution >= 0.6 is 23.2 Å². The Labute approximate surface area is 183 Å². The highest BCUT2D eigenvalue weighted by Gasteiger charge is 2.44. The minimum Gasteiger partial charge on any atom is -0.503 e. The molecular formula is C23H17Cl2NO4. The molecule has 1 aliphatic rings. The van der Waals surface area contributed by atoms with Crippen LogP contribution < -0.4 is 0 Å². The first kappa shape index (κ1) is 20.3. The Hall–Kier alpha value is -3.02. The van der Waals surface area contributed by atoms with E-state index < -0.39 is 23.5 Å². The second kappa shape index (κ2) is 8.01. The molecule has 1 atom stereocenters. The Morgan fingerprint density at radius 1 is 1.07 bits per heavy atom. The monoisotopic (exact) mass is 441 g/mol. The molecule has 2 aromatic carbocycles. The molecule has 0 aliphatic carbocycles. The number of aryl methyl sites for hydroxylation is 1. The maximum absolute atomic E-state index is 13.2. The minimum atomic E-state index is -0.842. The molecule has 1 amide bonds. The molecule has 0 spiro atoms. The van der Waals surface area contributed by atoms with E-state index in [1.165, 1.54) is 11.0 Å². The third-order valence-corrected chi connectivity index (χ3v) is 5.71. The largest absolute Gasteiger partial charge is 0.503 e. The third kappa shape index (κ3) is 3.62. The summed E-state index contributed by atoms with van der Waals surface area (Å²) in [4.78, 5) is 27.6. The SMILES string of the molecule is Cc1ccc(C(=O)C2=C(O)C(=O)N(Cc3ccccc3)C2c2ccc(Cl)c(Cl)c2)o1. The maximum atomic E-state index is 13.2. The van der Waals surface area contributed by atoms with Crippen LogP contribution in [0.15, 0.2) is 76.4 Å². The van der Waals surface area contributed by atoms with Gasteiger partial charge in [-0.3, -0.25) is 9.59 Å². The lowest BCUT2D eigenvalue weighted by Gasteiger charge is -2.27. The van der Waals surface area contributed by atoms with Crippen LogP contribution in [0.2, 0.25) is 10.0 Å². The zero-order valence-corrected chi connectivity index (χ0v) is 17.4. The van der Waals surface area contributed by atoms with E-state index in [0.29, 0.717) is 16.3 Å². The minimum absolute atomic E-state index is 0.0495. The molecule has 0 fully saturated rings. The molecule has 0 radical (unpaired) electrons. The van der Waals surface area contributed by atoms with Gasteiger partial charge in [-0.1, -0.05) is 59.6 Å². The Morgan fingerprint density at radius 3 is 2.43 bits per heavy atom. The van der Waals surface area contributed by atoms with Gasteiger partial charge >= 0.3 is 0 Å². The van der Waals surface area contributed by atoms with E-state index in [4.69, 9.17) is 27.6 Å². The van der Waals surface area contributed by atoms with Crippen LogP contribution in [0.25, 0.3) is 0 Å². The van der Waals surface area contributed by atoms with Crippen molar-refractivity contribution >= 4 is 34.9 Å². The van der Waals surface area contributed by atoms with Gasteiger partial charge in [0.25, 0.3) is 5.91 Å². The number of ketones is 1. The number of amides is 1. The maximum Gasteiger partial charge on any atom is 0.290 e. The quantitative estimate of drug-likeness (QED) is 0.517. The molecule has 2 heterocycles. The van der Waals surface area contributed by atoms with Crippen LogP contribution in [0.1, 0.15) is 33.5 Å². The van der Waals surface area contributed by atoms with Gasteiger partial charge in [0.2, 0.25) is 5.78 Å². The van der Waals surface area contributed by atoms with Gasteiger partial charge in [-0.15, -0.1) is 0 Å². The summed E-state index contributed by atoms with van der Waals surface area (Å²) in [5, 5.41) is 11.3. The topological polar surface area (TPSA) is 70.8 Å². The van der Waals surface area contributed by atoms with Gasteiger partial charge in [0, 0.05) is 6.54 Å². The number of halogens is 2. The Morgan fingerprint density at radius 2 is 1.80 bits per heavy atom. The van der Waals surface area contributed by atoms with Gasteiger partial charge in [0.15, 0.2) is 11.5 Å². The van der Waals surface area contributed by atoms with Crippen LogP contribution in [0.3, 0.4) is 0 Å². The molecule has 1 aliphatic heterocycles. The van der Waals surface area contributed by atoms with E-state index >= 15 is 0 Å². The number of hydrogen-bond donors (Lipinski definition) is 1. The van der Waals surface area contributed by atoms with Gasteiger partial charge in [0.05, 0.1) is 21.7 Å². The van der Waals surface area contributed by atoms with E-state index in [9.17, 15) is 14.7 Å². The summed E-state index contributed by atoms with van der Waals surface area (Å²) in [7, 11) is 0. The van der Waals surface area contributed by atoms with E-state index in [0.717, 1.165) is 5.56 Å². The second-order valence-corrected chi connectivity index (χ2v) is 7.81. The van der Waals surface area contributed by atoms with Crippen molar-refractivity contribution < 1.29 is 19.1 Å². The number of hydrogen-bond acceptors (Lipinski definition) is 4. The molecule has 0 saturated carbocycles. The molecule has 0 bridgehead atoms. The standard InChI is InChI=1S/C23H17Cl2NO4/c1-13-7-10-18(30-13)21(27)19-20(15-8-9-16(24)17(25)11-15)26(23(29)22(19)28)12-14-5-3-2-4-6-14/h2-11,20,28H,12H2,1H3. The fourth-order valence-electron chi connectivity index (χ4n) is 3.55. The van der Waals surface area contributed by atoms with Crippen LogP contribution in [0.4, 0.5) is 0 Å². The van der Waals surface area contributed by atoms with Crippen LogP contribution in [0, 0.1) is 6.92 Å². The summed E-state index contributed by atoms with van der Waals surface area (Å²) in [5.41, 5.74) is 1.36. The number of rotatable bonds is 5. The molecule has 7 heteroatoms. The van der Waals surface area contributed by atoms with Gasteiger partial charge in [-0.05, 0) is 42.3 Å². The average Bonchev–Trinajstić information content (AvgIpc) is 3.27. The van der Waals surface area contributed by atoms with E-state index in [-0.39, 0.29) is 22.9 Å². The summed E-state index contributed by atoms with van der Waals surface area (Å²) in [6.07, 6.45) is 0. The molecule has 1 unspecified atom stereocenters. The zero-order chi connectivity index (χ0) is 21.4. The Bertz CT molecular complexity index is 1170. The molecule has 0 saturated heterocycles. The summed E-state index contributed by atoms with van der Waals surface area (Å²) >= 11 is 12.3. The summed E-state index contributed by atoms with van der Waals surface area (Å²) in [6.45, 7) is 1.91. The number of nitrogens with zero attached hydrogens (tertiary/aromatic N) is 1. The molecule has 4 rings (SSSR count). The van der Waals surface area contributed by atoms with Crippen molar-refractivity contribution in [1.82, 2.24) is 4.90 Å². The molecule has 30 heavy (non-hydrogen) atoms. The molecule has 5 nitrogen and oxygen atoms in total. The molecule has 3 aromatic rings. The predicted octanol–water partition coefficient (Wildman–Crippen LogP) is 5.67. The van der Waals surface area contributed by atoms with Crippen molar-refractivity contribution in [3.8, 4) is 0 Å². The number of carbonyl (C=O) groups excluding carboxylic acids is 2. The summed E-state index contributed by atoms with van der Waals surface area (Å²) in [6, 6.07) is 16.5.